The van der Waals surface area contributed by atoms with Gasteiger partial charge in [-0.05, 0) is 11.1 Å². The molecule has 108 valence electrons. The van der Waals surface area contributed by atoms with Crippen molar-refractivity contribution >= 4 is 5.97 Å². The van der Waals surface area contributed by atoms with Gasteiger partial charge in [0.15, 0.2) is 0 Å². The number of ether oxygens (including phenoxy) is 1. The first-order valence-corrected chi connectivity index (χ1v) is 6.54. The zero-order valence-corrected chi connectivity index (χ0v) is 11.7. The number of nitriles is 1. The summed E-state index contributed by atoms with van der Waals surface area (Å²) in [4.78, 5) is 13.0. The lowest BCUT2D eigenvalue weighted by Gasteiger charge is -2.22. The Bertz CT molecular complexity index is 468. The average molecular weight is 276 g/mol. The van der Waals surface area contributed by atoms with Crippen LogP contribution in [0.2, 0.25) is 0 Å². The van der Waals surface area contributed by atoms with Gasteiger partial charge in [-0.2, -0.15) is 5.26 Å². The fourth-order valence-corrected chi connectivity index (χ4v) is 1.99. The first-order chi connectivity index (χ1) is 9.67. The summed E-state index contributed by atoms with van der Waals surface area (Å²) >= 11 is 0. The van der Waals surface area contributed by atoms with Gasteiger partial charge in [-0.15, -0.1) is 0 Å². The largest absolute Gasteiger partial charge is 0.481 e. The number of carboxylic acid groups (broad SMARTS) is 1. The van der Waals surface area contributed by atoms with E-state index in [4.69, 9.17) is 15.1 Å². The van der Waals surface area contributed by atoms with E-state index in [9.17, 15) is 4.79 Å². The molecule has 0 aliphatic carbocycles. The van der Waals surface area contributed by atoms with Crippen molar-refractivity contribution in [3.8, 4) is 6.07 Å². The van der Waals surface area contributed by atoms with Crippen molar-refractivity contribution in [1.82, 2.24) is 4.90 Å². The van der Waals surface area contributed by atoms with Gasteiger partial charge in [-0.25, -0.2) is 0 Å². The lowest BCUT2D eigenvalue weighted by molar-refractivity contribution is -0.136. The highest BCUT2D eigenvalue weighted by atomic mass is 16.5. The van der Waals surface area contributed by atoms with Crippen molar-refractivity contribution in [1.29, 1.82) is 5.26 Å². The third-order valence-electron chi connectivity index (χ3n) is 3.01. The van der Waals surface area contributed by atoms with Crippen molar-refractivity contribution in [3.63, 3.8) is 0 Å². The highest BCUT2D eigenvalue weighted by Crippen LogP contribution is 2.13. The van der Waals surface area contributed by atoms with Gasteiger partial charge in [0, 0.05) is 33.2 Å². The number of rotatable bonds is 9. The molecule has 0 saturated heterocycles. The molecule has 0 aromatic heterocycles. The normalized spacial score (nSPS) is 10.4. The van der Waals surface area contributed by atoms with Gasteiger partial charge in [-0.1, -0.05) is 24.3 Å². The van der Waals surface area contributed by atoms with Gasteiger partial charge in [0.2, 0.25) is 0 Å². The predicted octanol–water partition coefficient (Wildman–Crippen LogP) is 1.68. The van der Waals surface area contributed by atoms with Crippen LogP contribution in [0.1, 0.15) is 17.5 Å². The zero-order valence-electron chi connectivity index (χ0n) is 11.7. The maximum Gasteiger partial charge on any atom is 0.307 e. The third kappa shape index (κ3) is 5.83. The van der Waals surface area contributed by atoms with E-state index in [1.54, 1.807) is 7.11 Å². The van der Waals surface area contributed by atoms with Crippen LogP contribution in [0.25, 0.3) is 0 Å². The Kier molecular flexibility index (Phi) is 7.33. The molecular weight excluding hydrogens is 256 g/mol. The second-order valence-corrected chi connectivity index (χ2v) is 4.52. The molecule has 0 unspecified atom stereocenters. The van der Waals surface area contributed by atoms with Crippen molar-refractivity contribution in [2.24, 2.45) is 0 Å². The molecular formula is C15H20N2O3. The number of hydrogen-bond donors (Lipinski definition) is 1. The molecule has 1 aromatic carbocycles. The van der Waals surface area contributed by atoms with E-state index in [0.717, 1.165) is 17.7 Å². The second kappa shape index (κ2) is 9.08. The first-order valence-electron chi connectivity index (χ1n) is 6.54. The molecule has 0 aliphatic heterocycles. The predicted molar refractivity (Wildman–Crippen MR) is 75.2 cm³/mol. The molecule has 0 bridgehead atoms. The summed E-state index contributed by atoms with van der Waals surface area (Å²) in [5.74, 6) is -0.835. The molecule has 0 fully saturated rings. The van der Waals surface area contributed by atoms with Crippen LogP contribution >= 0.6 is 0 Å². The van der Waals surface area contributed by atoms with Crippen LogP contribution < -0.4 is 0 Å². The van der Waals surface area contributed by atoms with E-state index in [-0.39, 0.29) is 6.42 Å². The highest BCUT2D eigenvalue weighted by molar-refractivity contribution is 5.70. The highest BCUT2D eigenvalue weighted by Gasteiger charge is 2.10. The number of aliphatic carboxylic acids is 1. The molecule has 1 aromatic rings. The topological polar surface area (TPSA) is 73.6 Å². The van der Waals surface area contributed by atoms with E-state index in [1.165, 1.54) is 0 Å². The number of carboxylic acids is 1. The summed E-state index contributed by atoms with van der Waals surface area (Å²) in [5, 5.41) is 17.6. The fraction of sp³-hybridized carbons (Fsp3) is 0.467. The summed E-state index contributed by atoms with van der Waals surface area (Å²) in [6.45, 7) is 2.60. The van der Waals surface area contributed by atoms with Crippen LogP contribution in [0.3, 0.4) is 0 Å². The maximum absolute atomic E-state index is 10.9. The molecule has 0 aliphatic rings. The summed E-state index contributed by atoms with van der Waals surface area (Å²) in [6, 6.07) is 9.65. The Morgan fingerprint density at radius 1 is 1.35 bits per heavy atom. The van der Waals surface area contributed by atoms with Gasteiger partial charge in [0.05, 0.1) is 19.1 Å². The van der Waals surface area contributed by atoms with Crippen LogP contribution in [0.15, 0.2) is 24.3 Å². The van der Waals surface area contributed by atoms with Gasteiger partial charge < -0.3 is 9.84 Å². The molecule has 1 rings (SSSR count). The van der Waals surface area contributed by atoms with Gasteiger partial charge >= 0.3 is 5.97 Å². The molecule has 5 heteroatoms. The summed E-state index contributed by atoms with van der Waals surface area (Å²) in [7, 11) is 1.64. The molecule has 20 heavy (non-hydrogen) atoms. The fourth-order valence-electron chi connectivity index (χ4n) is 1.99. The van der Waals surface area contributed by atoms with Crippen LogP contribution in [-0.2, 0) is 22.5 Å². The van der Waals surface area contributed by atoms with Gasteiger partial charge in [0.1, 0.15) is 0 Å². The lowest BCUT2D eigenvalue weighted by Crippen LogP contribution is -2.28. The summed E-state index contributed by atoms with van der Waals surface area (Å²) < 4.78 is 5.07. The minimum atomic E-state index is -0.835. The van der Waals surface area contributed by atoms with Crippen molar-refractivity contribution in [2.45, 2.75) is 19.4 Å². The Morgan fingerprint density at radius 2 is 2.05 bits per heavy atom. The smallest absolute Gasteiger partial charge is 0.307 e. The Morgan fingerprint density at radius 3 is 2.65 bits per heavy atom. The first kappa shape index (κ1) is 16.2. The standard InChI is InChI=1S/C15H20N2O3/c1-20-10-9-17(8-4-7-16)12-14-6-3-2-5-13(14)11-15(18)19/h2-3,5-6H,4,8-12H2,1H3,(H,18,19). The van der Waals surface area contributed by atoms with E-state index in [1.807, 2.05) is 24.3 Å². The van der Waals surface area contributed by atoms with E-state index >= 15 is 0 Å². The molecule has 0 saturated carbocycles. The van der Waals surface area contributed by atoms with E-state index in [0.29, 0.717) is 26.1 Å². The maximum atomic E-state index is 10.9. The molecule has 5 nitrogen and oxygen atoms in total. The lowest BCUT2D eigenvalue weighted by atomic mass is 10.0. The molecule has 1 N–H and O–H groups in total. The zero-order chi connectivity index (χ0) is 14.8. The molecule has 0 radical (unpaired) electrons. The number of methoxy groups -OCH3 is 1. The Labute approximate surface area is 119 Å². The monoisotopic (exact) mass is 276 g/mol. The SMILES string of the molecule is COCCN(CCC#N)Cc1ccccc1CC(=O)O. The summed E-state index contributed by atoms with van der Waals surface area (Å²) in [6.07, 6.45) is 0.470. The van der Waals surface area contributed by atoms with Crippen LogP contribution in [-0.4, -0.2) is 42.8 Å². The third-order valence-corrected chi connectivity index (χ3v) is 3.01. The molecule has 0 heterocycles. The minimum absolute atomic E-state index is 0.0204. The van der Waals surface area contributed by atoms with E-state index in [2.05, 4.69) is 11.0 Å². The number of nitrogens with zero attached hydrogens (tertiary/aromatic N) is 2. The van der Waals surface area contributed by atoms with Crippen molar-refractivity contribution in [2.75, 3.05) is 26.8 Å². The summed E-state index contributed by atoms with van der Waals surface area (Å²) in [5.41, 5.74) is 1.81. The van der Waals surface area contributed by atoms with Crippen molar-refractivity contribution in [3.05, 3.63) is 35.4 Å². The van der Waals surface area contributed by atoms with Crippen molar-refractivity contribution < 1.29 is 14.6 Å². The molecule has 0 atom stereocenters. The molecule has 0 amide bonds. The Balaban J connectivity index is 2.75. The number of benzene rings is 1. The van der Waals surface area contributed by atoms with Crippen LogP contribution in [0.5, 0.6) is 0 Å². The van der Waals surface area contributed by atoms with Crippen LogP contribution in [0.4, 0.5) is 0 Å². The Hall–Kier alpha value is -1.90. The molecule has 0 spiro atoms. The van der Waals surface area contributed by atoms with Gasteiger partial charge in [-0.3, -0.25) is 9.69 Å². The minimum Gasteiger partial charge on any atom is -0.481 e. The quantitative estimate of drug-likeness (QED) is 0.742. The van der Waals surface area contributed by atoms with E-state index < -0.39 is 5.97 Å². The average Bonchev–Trinajstić information content (AvgIpc) is 2.43. The second-order valence-electron chi connectivity index (χ2n) is 4.52. The number of carbonyl (C=O) groups is 1. The number of hydrogen-bond acceptors (Lipinski definition) is 4. The van der Waals surface area contributed by atoms with Crippen LogP contribution in [0, 0.1) is 11.3 Å². The van der Waals surface area contributed by atoms with Gasteiger partial charge in [0.25, 0.3) is 0 Å².